The van der Waals surface area contributed by atoms with Gasteiger partial charge >= 0.3 is 0 Å². The first-order chi connectivity index (χ1) is 6.09. The number of hydrogen-bond donors (Lipinski definition) is 2. The zero-order valence-corrected chi connectivity index (χ0v) is 7.55. The number of amidine groups is 1. The van der Waals surface area contributed by atoms with Gasteiger partial charge in [-0.2, -0.15) is 0 Å². The number of nitrogens with one attached hydrogen (secondary N) is 1. The van der Waals surface area contributed by atoms with E-state index in [1.807, 2.05) is 31.2 Å². The lowest BCUT2D eigenvalue weighted by molar-refractivity contribution is 0.418. The van der Waals surface area contributed by atoms with Crippen LogP contribution in [-0.4, -0.2) is 12.0 Å². The third kappa shape index (κ3) is 2.86. The second kappa shape index (κ2) is 4.03. The van der Waals surface area contributed by atoms with E-state index in [0.29, 0.717) is 0 Å². The molecule has 1 unspecified atom stereocenters. The SMILES string of the molecule is Cc1cccc(CC(F)C(=N)N)c1. The molecule has 1 aromatic rings. The molecule has 0 aliphatic carbocycles. The molecular formula is C10H13FN2. The summed E-state index contributed by atoms with van der Waals surface area (Å²) in [4.78, 5) is 0. The van der Waals surface area contributed by atoms with Crippen LogP contribution in [0.3, 0.4) is 0 Å². The van der Waals surface area contributed by atoms with Gasteiger partial charge in [-0.3, -0.25) is 5.41 Å². The molecular weight excluding hydrogens is 167 g/mol. The summed E-state index contributed by atoms with van der Waals surface area (Å²) >= 11 is 0. The molecule has 13 heavy (non-hydrogen) atoms. The van der Waals surface area contributed by atoms with Crippen LogP contribution in [0.4, 0.5) is 4.39 Å². The summed E-state index contributed by atoms with van der Waals surface area (Å²) in [6, 6.07) is 7.56. The van der Waals surface area contributed by atoms with Crippen LogP contribution >= 0.6 is 0 Å². The lowest BCUT2D eigenvalue weighted by Gasteiger charge is -2.06. The Morgan fingerprint density at radius 3 is 2.85 bits per heavy atom. The lowest BCUT2D eigenvalue weighted by Crippen LogP contribution is -2.25. The van der Waals surface area contributed by atoms with Gasteiger partial charge in [0.1, 0.15) is 5.84 Å². The summed E-state index contributed by atoms with van der Waals surface area (Å²) in [6.07, 6.45) is -1.17. The second-order valence-electron chi connectivity index (χ2n) is 3.12. The van der Waals surface area contributed by atoms with Gasteiger partial charge in [0.2, 0.25) is 0 Å². The van der Waals surface area contributed by atoms with Crippen molar-refractivity contribution in [2.24, 2.45) is 5.73 Å². The van der Waals surface area contributed by atoms with Crippen LogP contribution in [0.25, 0.3) is 0 Å². The van der Waals surface area contributed by atoms with Crippen LogP contribution in [0.5, 0.6) is 0 Å². The molecule has 0 spiro atoms. The predicted octanol–water partition coefficient (Wildman–Crippen LogP) is 1.81. The van der Waals surface area contributed by atoms with Gasteiger partial charge in [0, 0.05) is 6.42 Å². The summed E-state index contributed by atoms with van der Waals surface area (Å²) in [5, 5.41) is 6.91. The van der Waals surface area contributed by atoms with Crippen LogP contribution in [0.1, 0.15) is 11.1 Å². The monoisotopic (exact) mass is 180 g/mol. The molecule has 0 amide bonds. The maximum Gasteiger partial charge on any atom is 0.160 e. The van der Waals surface area contributed by atoms with E-state index in [1.165, 1.54) is 0 Å². The fraction of sp³-hybridized carbons (Fsp3) is 0.300. The Labute approximate surface area is 77.1 Å². The van der Waals surface area contributed by atoms with Gasteiger partial charge in [0.05, 0.1) is 0 Å². The number of rotatable bonds is 3. The number of benzene rings is 1. The van der Waals surface area contributed by atoms with Gasteiger partial charge in [-0.15, -0.1) is 0 Å². The van der Waals surface area contributed by atoms with E-state index in [1.54, 1.807) is 0 Å². The van der Waals surface area contributed by atoms with Crippen LogP contribution in [0.15, 0.2) is 24.3 Å². The summed E-state index contributed by atoms with van der Waals surface area (Å²) in [5.74, 6) is -0.401. The average molecular weight is 180 g/mol. The fourth-order valence-electron chi connectivity index (χ4n) is 1.16. The summed E-state index contributed by atoms with van der Waals surface area (Å²) in [6.45, 7) is 1.95. The highest BCUT2D eigenvalue weighted by molar-refractivity contribution is 5.81. The minimum absolute atomic E-state index is 0.191. The second-order valence-corrected chi connectivity index (χ2v) is 3.12. The van der Waals surface area contributed by atoms with Crippen molar-refractivity contribution >= 4 is 5.84 Å². The maximum atomic E-state index is 13.0. The van der Waals surface area contributed by atoms with E-state index < -0.39 is 12.0 Å². The molecule has 3 heteroatoms. The smallest absolute Gasteiger partial charge is 0.160 e. The number of hydrogen-bond acceptors (Lipinski definition) is 1. The molecule has 0 fully saturated rings. The molecule has 1 rings (SSSR count). The van der Waals surface area contributed by atoms with Gasteiger partial charge < -0.3 is 5.73 Å². The van der Waals surface area contributed by atoms with Crippen LogP contribution in [0, 0.1) is 12.3 Å². The molecule has 0 radical (unpaired) electrons. The number of nitrogens with two attached hydrogens (primary N) is 1. The maximum absolute atomic E-state index is 13.0. The Bertz CT molecular complexity index is 310. The predicted molar refractivity (Wildman–Crippen MR) is 51.7 cm³/mol. The van der Waals surface area contributed by atoms with E-state index >= 15 is 0 Å². The lowest BCUT2D eigenvalue weighted by atomic mass is 10.1. The van der Waals surface area contributed by atoms with Crippen molar-refractivity contribution in [1.29, 1.82) is 5.41 Å². The topological polar surface area (TPSA) is 49.9 Å². The molecule has 0 saturated carbocycles. The van der Waals surface area contributed by atoms with Gasteiger partial charge in [0.15, 0.2) is 6.17 Å². The van der Waals surface area contributed by atoms with E-state index in [-0.39, 0.29) is 6.42 Å². The van der Waals surface area contributed by atoms with Crippen molar-refractivity contribution < 1.29 is 4.39 Å². The molecule has 0 aromatic heterocycles. The first-order valence-corrected chi connectivity index (χ1v) is 4.13. The Balaban J connectivity index is 2.69. The molecule has 0 saturated heterocycles. The van der Waals surface area contributed by atoms with E-state index in [9.17, 15) is 4.39 Å². The molecule has 3 N–H and O–H groups in total. The Hall–Kier alpha value is -1.38. The highest BCUT2D eigenvalue weighted by atomic mass is 19.1. The number of alkyl halides is 1. The average Bonchev–Trinajstić information content (AvgIpc) is 2.04. The molecule has 0 aliphatic rings. The molecule has 70 valence electrons. The molecule has 0 bridgehead atoms. The molecule has 0 heterocycles. The van der Waals surface area contributed by atoms with Crippen LogP contribution in [-0.2, 0) is 6.42 Å². The summed E-state index contributed by atoms with van der Waals surface area (Å²) in [5.41, 5.74) is 7.00. The Morgan fingerprint density at radius 2 is 2.31 bits per heavy atom. The van der Waals surface area contributed by atoms with E-state index in [0.717, 1.165) is 11.1 Å². The van der Waals surface area contributed by atoms with Gasteiger partial charge in [-0.1, -0.05) is 29.8 Å². The molecule has 1 atom stereocenters. The molecule has 0 aliphatic heterocycles. The van der Waals surface area contributed by atoms with Gasteiger partial charge in [-0.25, -0.2) is 4.39 Å². The van der Waals surface area contributed by atoms with Crippen molar-refractivity contribution in [3.63, 3.8) is 0 Å². The van der Waals surface area contributed by atoms with Crippen LogP contribution in [0.2, 0.25) is 0 Å². The largest absolute Gasteiger partial charge is 0.385 e. The minimum atomic E-state index is -1.36. The first kappa shape index (κ1) is 9.71. The highest BCUT2D eigenvalue weighted by Crippen LogP contribution is 2.08. The first-order valence-electron chi connectivity index (χ1n) is 4.13. The molecule has 1 aromatic carbocycles. The quantitative estimate of drug-likeness (QED) is 0.541. The van der Waals surface area contributed by atoms with Crippen LogP contribution < -0.4 is 5.73 Å². The van der Waals surface area contributed by atoms with E-state index in [2.05, 4.69) is 0 Å². The van der Waals surface area contributed by atoms with Gasteiger partial charge in [-0.05, 0) is 12.5 Å². The Kier molecular flexibility index (Phi) is 3.01. The van der Waals surface area contributed by atoms with Crippen molar-refractivity contribution in [3.05, 3.63) is 35.4 Å². The standard InChI is InChI=1S/C10H13FN2/c1-7-3-2-4-8(5-7)6-9(11)10(12)13/h2-5,9H,6H2,1H3,(H3,12,13). The molecule has 2 nitrogen and oxygen atoms in total. The third-order valence-electron chi connectivity index (χ3n) is 1.83. The Morgan fingerprint density at radius 1 is 1.62 bits per heavy atom. The third-order valence-corrected chi connectivity index (χ3v) is 1.83. The summed E-state index contributed by atoms with van der Waals surface area (Å²) in [7, 11) is 0. The zero-order valence-electron chi connectivity index (χ0n) is 7.55. The minimum Gasteiger partial charge on any atom is -0.385 e. The van der Waals surface area contributed by atoms with Crippen molar-refractivity contribution in [2.45, 2.75) is 19.5 Å². The summed E-state index contributed by atoms with van der Waals surface area (Å²) < 4.78 is 13.0. The van der Waals surface area contributed by atoms with Gasteiger partial charge in [0.25, 0.3) is 0 Å². The fourth-order valence-corrected chi connectivity index (χ4v) is 1.16. The number of halogens is 1. The highest BCUT2D eigenvalue weighted by Gasteiger charge is 2.10. The normalized spacial score (nSPS) is 12.5. The van der Waals surface area contributed by atoms with E-state index in [4.69, 9.17) is 11.1 Å². The van der Waals surface area contributed by atoms with Crippen molar-refractivity contribution in [1.82, 2.24) is 0 Å². The number of aryl methyl sites for hydroxylation is 1. The zero-order chi connectivity index (χ0) is 9.84. The van der Waals surface area contributed by atoms with Crippen molar-refractivity contribution in [2.75, 3.05) is 0 Å². The van der Waals surface area contributed by atoms with Crippen molar-refractivity contribution in [3.8, 4) is 0 Å².